The maximum Gasteiger partial charge on any atom is 0.341 e. The molecule has 7 heteroatoms. The normalized spacial score (nSPS) is 10.8. The maximum absolute atomic E-state index is 13.6. The van der Waals surface area contributed by atoms with Crippen LogP contribution in [0.25, 0.3) is 22.2 Å². The van der Waals surface area contributed by atoms with Gasteiger partial charge in [0.1, 0.15) is 10.8 Å². The van der Waals surface area contributed by atoms with Crippen LogP contribution in [0, 0.1) is 20.8 Å². The summed E-state index contributed by atoms with van der Waals surface area (Å²) in [5, 5.41) is 4.19. The minimum atomic E-state index is -0.470. The molecule has 0 atom stereocenters. The van der Waals surface area contributed by atoms with Gasteiger partial charge in [-0.25, -0.2) is 9.78 Å². The number of fused-ring (bicyclic) bond motifs is 1. The number of aryl methyl sites for hydroxylation is 1. The quantitative estimate of drug-likeness (QED) is 0.373. The van der Waals surface area contributed by atoms with Crippen molar-refractivity contribution in [1.29, 1.82) is 0 Å². The van der Waals surface area contributed by atoms with Gasteiger partial charge in [0, 0.05) is 15.8 Å². The first-order chi connectivity index (χ1) is 15.8. The molecule has 168 valence electrons. The minimum Gasteiger partial charge on any atom is -0.497 e. The summed E-state index contributed by atoms with van der Waals surface area (Å²) in [5.74, 6) is -0.0245. The molecule has 33 heavy (non-hydrogen) atoms. The standard InChI is InChI=1S/C26H24N2O4S/c1-14-16(3)33-25(22(14)26(30)32-5)28-24(29)21-15(2)23(17-10-12-18(31-4)13-11-17)27-20-9-7-6-8-19(20)21/h6-13H,1-5H3,(H,28,29). The molecular formula is C26H24N2O4S. The van der Waals surface area contributed by atoms with Crippen LogP contribution in [0.4, 0.5) is 5.00 Å². The molecule has 0 saturated heterocycles. The number of benzene rings is 2. The molecule has 0 bridgehead atoms. The third-order valence-electron chi connectivity index (χ3n) is 5.73. The van der Waals surface area contributed by atoms with Crippen molar-refractivity contribution in [2.24, 2.45) is 0 Å². The van der Waals surface area contributed by atoms with E-state index in [2.05, 4.69) is 5.32 Å². The number of hydrogen-bond donors (Lipinski definition) is 1. The van der Waals surface area contributed by atoms with Crippen molar-refractivity contribution in [3.63, 3.8) is 0 Å². The van der Waals surface area contributed by atoms with Crippen LogP contribution in [0.5, 0.6) is 5.75 Å². The molecule has 1 N–H and O–H groups in total. The van der Waals surface area contributed by atoms with Crippen molar-refractivity contribution in [3.05, 3.63) is 75.7 Å². The Morgan fingerprint density at radius 2 is 1.61 bits per heavy atom. The van der Waals surface area contributed by atoms with E-state index in [0.717, 1.165) is 32.7 Å². The summed E-state index contributed by atoms with van der Waals surface area (Å²) in [6.45, 7) is 5.65. The first-order valence-electron chi connectivity index (χ1n) is 10.4. The number of pyridine rings is 1. The molecule has 0 aliphatic carbocycles. The van der Waals surface area contributed by atoms with Crippen molar-refractivity contribution in [1.82, 2.24) is 4.98 Å². The average Bonchev–Trinajstić information content (AvgIpc) is 3.10. The van der Waals surface area contributed by atoms with Gasteiger partial charge >= 0.3 is 5.97 Å². The van der Waals surface area contributed by atoms with Crippen molar-refractivity contribution >= 4 is 39.1 Å². The lowest BCUT2D eigenvalue weighted by Crippen LogP contribution is -2.17. The number of nitrogens with zero attached hydrogens (tertiary/aromatic N) is 1. The Labute approximate surface area is 196 Å². The lowest BCUT2D eigenvalue weighted by Gasteiger charge is -2.15. The number of esters is 1. The Morgan fingerprint density at radius 3 is 2.27 bits per heavy atom. The van der Waals surface area contributed by atoms with E-state index < -0.39 is 5.97 Å². The van der Waals surface area contributed by atoms with E-state index in [1.807, 2.05) is 69.3 Å². The number of amides is 1. The van der Waals surface area contributed by atoms with Crippen LogP contribution in [-0.2, 0) is 4.74 Å². The zero-order chi connectivity index (χ0) is 23.7. The van der Waals surface area contributed by atoms with Crippen molar-refractivity contribution in [3.8, 4) is 17.0 Å². The topological polar surface area (TPSA) is 77.5 Å². The van der Waals surface area contributed by atoms with Gasteiger partial charge in [-0.2, -0.15) is 0 Å². The van der Waals surface area contributed by atoms with E-state index in [4.69, 9.17) is 14.5 Å². The fourth-order valence-corrected chi connectivity index (χ4v) is 4.90. The molecule has 4 aromatic rings. The number of para-hydroxylation sites is 1. The minimum absolute atomic E-state index is 0.299. The largest absolute Gasteiger partial charge is 0.497 e. The fourth-order valence-electron chi connectivity index (χ4n) is 3.86. The maximum atomic E-state index is 13.6. The second kappa shape index (κ2) is 9.03. The molecule has 6 nitrogen and oxygen atoms in total. The molecule has 0 saturated carbocycles. The second-order valence-electron chi connectivity index (χ2n) is 7.64. The van der Waals surface area contributed by atoms with Gasteiger partial charge < -0.3 is 14.8 Å². The molecule has 2 aromatic heterocycles. The van der Waals surface area contributed by atoms with Crippen LogP contribution in [-0.4, -0.2) is 31.1 Å². The van der Waals surface area contributed by atoms with Crippen LogP contribution >= 0.6 is 11.3 Å². The van der Waals surface area contributed by atoms with Gasteiger partial charge in [0.15, 0.2) is 0 Å². The summed E-state index contributed by atoms with van der Waals surface area (Å²) in [6.07, 6.45) is 0. The van der Waals surface area contributed by atoms with Gasteiger partial charge in [0.25, 0.3) is 5.91 Å². The van der Waals surface area contributed by atoms with Crippen LogP contribution in [0.3, 0.4) is 0 Å². The molecule has 1 amide bonds. The Kier molecular flexibility index (Phi) is 6.16. The van der Waals surface area contributed by atoms with Gasteiger partial charge in [0.05, 0.1) is 36.6 Å². The number of carbonyl (C=O) groups is 2. The number of ether oxygens (including phenoxy) is 2. The Morgan fingerprint density at radius 1 is 0.909 bits per heavy atom. The first-order valence-corrected chi connectivity index (χ1v) is 11.2. The number of rotatable bonds is 5. The number of aromatic nitrogens is 1. The molecule has 0 aliphatic heterocycles. The van der Waals surface area contributed by atoms with Gasteiger partial charge in [-0.1, -0.05) is 18.2 Å². The van der Waals surface area contributed by atoms with Crippen LogP contribution in [0.15, 0.2) is 48.5 Å². The molecule has 0 fully saturated rings. The highest BCUT2D eigenvalue weighted by molar-refractivity contribution is 7.16. The number of thiophene rings is 1. The molecule has 0 radical (unpaired) electrons. The molecule has 2 heterocycles. The van der Waals surface area contributed by atoms with E-state index in [0.29, 0.717) is 27.3 Å². The van der Waals surface area contributed by atoms with E-state index >= 15 is 0 Å². The summed E-state index contributed by atoms with van der Waals surface area (Å²) in [5.41, 5.74) is 4.77. The van der Waals surface area contributed by atoms with Crippen LogP contribution in [0.2, 0.25) is 0 Å². The highest BCUT2D eigenvalue weighted by Crippen LogP contribution is 2.35. The summed E-state index contributed by atoms with van der Waals surface area (Å²) in [6, 6.07) is 15.1. The predicted molar refractivity (Wildman–Crippen MR) is 132 cm³/mol. The molecule has 0 spiro atoms. The summed E-state index contributed by atoms with van der Waals surface area (Å²) in [7, 11) is 2.95. The average molecular weight is 461 g/mol. The number of hydrogen-bond acceptors (Lipinski definition) is 6. The summed E-state index contributed by atoms with van der Waals surface area (Å²) in [4.78, 5) is 31.8. The van der Waals surface area contributed by atoms with Crippen molar-refractivity contribution < 1.29 is 19.1 Å². The van der Waals surface area contributed by atoms with E-state index in [9.17, 15) is 9.59 Å². The van der Waals surface area contributed by atoms with Crippen LogP contribution in [0.1, 0.15) is 36.7 Å². The number of carbonyl (C=O) groups excluding carboxylic acids is 2. The van der Waals surface area contributed by atoms with Gasteiger partial charge in [-0.05, 0) is 62.2 Å². The van der Waals surface area contributed by atoms with Gasteiger partial charge in [-0.15, -0.1) is 11.3 Å². The third-order valence-corrected chi connectivity index (χ3v) is 6.85. The molecule has 2 aromatic carbocycles. The summed E-state index contributed by atoms with van der Waals surface area (Å²) >= 11 is 1.36. The smallest absolute Gasteiger partial charge is 0.341 e. The molecule has 0 unspecified atom stereocenters. The second-order valence-corrected chi connectivity index (χ2v) is 8.86. The number of nitrogens with one attached hydrogen (secondary N) is 1. The molecule has 0 aliphatic rings. The summed E-state index contributed by atoms with van der Waals surface area (Å²) < 4.78 is 10.2. The van der Waals surface area contributed by atoms with Crippen LogP contribution < -0.4 is 10.1 Å². The highest BCUT2D eigenvalue weighted by atomic mass is 32.1. The molecular weight excluding hydrogens is 436 g/mol. The fraction of sp³-hybridized carbons (Fsp3) is 0.192. The van der Waals surface area contributed by atoms with Gasteiger partial charge in [-0.3, -0.25) is 4.79 Å². The van der Waals surface area contributed by atoms with E-state index in [1.54, 1.807) is 7.11 Å². The SMILES string of the molecule is COC(=O)c1c(NC(=O)c2c(C)c(-c3ccc(OC)cc3)nc3ccccc23)sc(C)c1C. The monoisotopic (exact) mass is 460 g/mol. The first kappa shape index (κ1) is 22.5. The lowest BCUT2D eigenvalue weighted by molar-refractivity contribution is 0.0601. The predicted octanol–water partition coefficient (Wildman–Crippen LogP) is 5.94. The molecule has 4 rings (SSSR count). The Bertz CT molecular complexity index is 1370. The Balaban J connectivity index is 1.85. The highest BCUT2D eigenvalue weighted by Gasteiger charge is 2.24. The van der Waals surface area contributed by atoms with Crippen molar-refractivity contribution in [2.45, 2.75) is 20.8 Å². The van der Waals surface area contributed by atoms with Crippen molar-refractivity contribution in [2.75, 3.05) is 19.5 Å². The third kappa shape index (κ3) is 4.07. The van der Waals surface area contributed by atoms with E-state index in [-0.39, 0.29) is 5.91 Å². The number of methoxy groups -OCH3 is 2. The van der Waals surface area contributed by atoms with E-state index in [1.165, 1.54) is 18.4 Å². The lowest BCUT2D eigenvalue weighted by atomic mass is 9.97. The van der Waals surface area contributed by atoms with Gasteiger partial charge in [0.2, 0.25) is 0 Å². The Hall–Kier alpha value is -3.71. The number of anilines is 1. The zero-order valence-corrected chi connectivity index (χ0v) is 19.9. The zero-order valence-electron chi connectivity index (χ0n) is 19.1.